The topological polar surface area (TPSA) is 49.4 Å². The van der Waals surface area contributed by atoms with Gasteiger partial charge in [0.25, 0.3) is 0 Å². The molecule has 0 saturated heterocycles. The molecule has 1 N–H and O–H groups in total. The van der Waals surface area contributed by atoms with Gasteiger partial charge in [0.2, 0.25) is 0 Å². The monoisotopic (exact) mass is 220 g/mol. The Morgan fingerprint density at radius 1 is 1.25 bits per heavy atom. The van der Waals surface area contributed by atoms with Crippen molar-refractivity contribution in [2.24, 2.45) is 0 Å². The fourth-order valence-corrected chi connectivity index (χ4v) is 1.34. The van der Waals surface area contributed by atoms with Crippen molar-refractivity contribution in [3.05, 3.63) is 35.9 Å². The molecule has 0 saturated carbocycles. The molecular formula is C12H16N2O2. The zero-order valence-corrected chi connectivity index (χ0v) is 9.56. The summed E-state index contributed by atoms with van der Waals surface area (Å²) in [6.45, 7) is 2.68. The lowest BCUT2D eigenvalue weighted by Crippen LogP contribution is -2.40. The van der Waals surface area contributed by atoms with Crippen LogP contribution >= 0.6 is 0 Å². The van der Waals surface area contributed by atoms with E-state index in [0.29, 0.717) is 13.1 Å². The number of benzene rings is 1. The molecule has 0 radical (unpaired) electrons. The number of hydrogen-bond acceptors (Lipinski definition) is 2. The van der Waals surface area contributed by atoms with Crippen molar-refractivity contribution >= 4 is 11.8 Å². The van der Waals surface area contributed by atoms with Crippen LogP contribution in [0.5, 0.6) is 0 Å². The molecule has 0 bridgehead atoms. The number of likely N-dealkylation sites (N-methyl/N-ethyl adjacent to an activating group) is 2. The molecule has 0 unspecified atom stereocenters. The quantitative estimate of drug-likeness (QED) is 0.765. The summed E-state index contributed by atoms with van der Waals surface area (Å²) >= 11 is 0. The van der Waals surface area contributed by atoms with Gasteiger partial charge in [-0.2, -0.15) is 0 Å². The van der Waals surface area contributed by atoms with Gasteiger partial charge in [0.15, 0.2) is 0 Å². The molecule has 0 aliphatic heterocycles. The minimum atomic E-state index is -0.555. The van der Waals surface area contributed by atoms with Crippen LogP contribution in [0.2, 0.25) is 0 Å². The van der Waals surface area contributed by atoms with Crippen LogP contribution in [0.1, 0.15) is 12.5 Å². The lowest BCUT2D eigenvalue weighted by atomic mass is 10.2. The van der Waals surface area contributed by atoms with Crippen molar-refractivity contribution in [2.45, 2.75) is 13.5 Å². The molecule has 1 rings (SSSR count). The Morgan fingerprint density at radius 2 is 1.88 bits per heavy atom. The average molecular weight is 220 g/mol. The van der Waals surface area contributed by atoms with Gasteiger partial charge in [0, 0.05) is 20.1 Å². The molecule has 2 amide bonds. The van der Waals surface area contributed by atoms with Crippen molar-refractivity contribution in [1.82, 2.24) is 10.2 Å². The summed E-state index contributed by atoms with van der Waals surface area (Å²) in [6, 6.07) is 9.55. The summed E-state index contributed by atoms with van der Waals surface area (Å²) in [5.41, 5.74) is 1.00. The molecule has 4 nitrogen and oxygen atoms in total. The molecule has 0 fully saturated rings. The van der Waals surface area contributed by atoms with E-state index in [1.807, 2.05) is 30.3 Å². The van der Waals surface area contributed by atoms with Gasteiger partial charge in [-0.3, -0.25) is 9.59 Å². The molecular weight excluding hydrogens is 204 g/mol. The summed E-state index contributed by atoms with van der Waals surface area (Å²) in [5, 5.41) is 2.48. The first-order valence-electron chi connectivity index (χ1n) is 5.22. The van der Waals surface area contributed by atoms with E-state index < -0.39 is 11.8 Å². The molecule has 4 heteroatoms. The van der Waals surface area contributed by atoms with Gasteiger partial charge in [-0.15, -0.1) is 0 Å². The van der Waals surface area contributed by atoms with Gasteiger partial charge in [0.1, 0.15) is 0 Å². The Balaban J connectivity index is 2.55. The second kappa shape index (κ2) is 5.90. The molecule has 1 aromatic carbocycles. The SMILES string of the molecule is CCNC(=O)C(=O)N(C)Cc1ccccc1. The summed E-state index contributed by atoms with van der Waals surface area (Å²) in [7, 11) is 1.62. The van der Waals surface area contributed by atoms with Crippen LogP contribution in [0.25, 0.3) is 0 Å². The fraction of sp³-hybridized carbons (Fsp3) is 0.333. The fourth-order valence-electron chi connectivity index (χ4n) is 1.34. The van der Waals surface area contributed by atoms with Crippen molar-refractivity contribution in [1.29, 1.82) is 0 Å². The number of rotatable bonds is 3. The minimum absolute atomic E-state index is 0.441. The van der Waals surface area contributed by atoms with Gasteiger partial charge in [-0.1, -0.05) is 30.3 Å². The number of carbonyl (C=O) groups excluding carboxylic acids is 2. The van der Waals surface area contributed by atoms with Crippen LogP contribution in [0, 0.1) is 0 Å². The lowest BCUT2D eigenvalue weighted by Gasteiger charge is -2.16. The maximum Gasteiger partial charge on any atom is 0.311 e. The van der Waals surface area contributed by atoms with Crippen LogP contribution in [0.15, 0.2) is 30.3 Å². The maximum atomic E-state index is 11.6. The zero-order valence-electron chi connectivity index (χ0n) is 9.56. The normalized spacial score (nSPS) is 9.62. The Hall–Kier alpha value is -1.84. The van der Waals surface area contributed by atoms with E-state index in [1.54, 1.807) is 14.0 Å². The van der Waals surface area contributed by atoms with Gasteiger partial charge >= 0.3 is 11.8 Å². The van der Waals surface area contributed by atoms with Gasteiger partial charge < -0.3 is 10.2 Å². The highest BCUT2D eigenvalue weighted by Crippen LogP contribution is 2.02. The van der Waals surface area contributed by atoms with Crippen molar-refractivity contribution in [3.63, 3.8) is 0 Å². The first-order chi connectivity index (χ1) is 7.65. The molecule has 1 aromatic rings. The predicted octanol–water partition coefficient (Wildman–Crippen LogP) is 0.781. The Kier molecular flexibility index (Phi) is 4.51. The van der Waals surface area contributed by atoms with Gasteiger partial charge in [-0.25, -0.2) is 0 Å². The van der Waals surface area contributed by atoms with Gasteiger partial charge in [0.05, 0.1) is 0 Å². The minimum Gasteiger partial charge on any atom is -0.348 e. The standard InChI is InChI=1S/C12H16N2O2/c1-3-13-11(15)12(16)14(2)9-10-7-5-4-6-8-10/h4-8H,3,9H2,1-2H3,(H,13,15). The van der Waals surface area contributed by atoms with E-state index in [0.717, 1.165) is 5.56 Å². The third-order valence-corrected chi connectivity index (χ3v) is 2.14. The van der Waals surface area contributed by atoms with Crippen LogP contribution in [0.3, 0.4) is 0 Å². The molecule has 0 aromatic heterocycles. The van der Waals surface area contributed by atoms with E-state index in [-0.39, 0.29) is 0 Å². The number of hydrogen-bond donors (Lipinski definition) is 1. The van der Waals surface area contributed by atoms with Crippen molar-refractivity contribution in [2.75, 3.05) is 13.6 Å². The average Bonchev–Trinajstić information content (AvgIpc) is 2.29. The maximum absolute atomic E-state index is 11.6. The Bertz CT molecular complexity index is 363. The van der Waals surface area contributed by atoms with Crippen LogP contribution in [-0.4, -0.2) is 30.3 Å². The summed E-state index contributed by atoms with van der Waals surface area (Å²) in [6.07, 6.45) is 0. The second-order valence-electron chi connectivity index (χ2n) is 3.51. The van der Waals surface area contributed by atoms with Crippen molar-refractivity contribution in [3.8, 4) is 0 Å². The van der Waals surface area contributed by atoms with Gasteiger partial charge in [-0.05, 0) is 12.5 Å². The van der Waals surface area contributed by atoms with Crippen LogP contribution in [0.4, 0.5) is 0 Å². The molecule has 16 heavy (non-hydrogen) atoms. The third kappa shape index (κ3) is 3.38. The van der Waals surface area contributed by atoms with Crippen LogP contribution < -0.4 is 5.32 Å². The third-order valence-electron chi connectivity index (χ3n) is 2.14. The Labute approximate surface area is 95.3 Å². The first kappa shape index (κ1) is 12.2. The highest BCUT2D eigenvalue weighted by atomic mass is 16.2. The van der Waals surface area contributed by atoms with E-state index in [1.165, 1.54) is 4.90 Å². The first-order valence-corrected chi connectivity index (χ1v) is 5.22. The number of nitrogens with one attached hydrogen (secondary N) is 1. The summed E-state index contributed by atoms with van der Waals surface area (Å²) in [5.74, 6) is -1.06. The molecule has 86 valence electrons. The Morgan fingerprint density at radius 3 is 2.44 bits per heavy atom. The largest absolute Gasteiger partial charge is 0.348 e. The van der Waals surface area contributed by atoms with E-state index in [2.05, 4.69) is 5.32 Å². The second-order valence-corrected chi connectivity index (χ2v) is 3.51. The van der Waals surface area contributed by atoms with E-state index in [4.69, 9.17) is 0 Å². The number of carbonyl (C=O) groups is 2. The highest BCUT2D eigenvalue weighted by Gasteiger charge is 2.17. The van der Waals surface area contributed by atoms with E-state index >= 15 is 0 Å². The van der Waals surface area contributed by atoms with E-state index in [9.17, 15) is 9.59 Å². The summed E-state index contributed by atoms with van der Waals surface area (Å²) in [4.78, 5) is 24.2. The highest BCUT2D eigenvalue weighted by molar-refractivity contribution is 6.34. The smallest absolute Gasteiger partial charge is 0.311 e. The van der Waals surface area contributed by atoms with Crippen LogP contribution in [-0.2, 0) is 16.1 Å². The molecule has 0 spiro atoms. The predicted molar refractivity (Wildman–Crippen MR) is 61.6 cm³/mol. The molecule has 0 aliphatic rings. The molecule has 0 aliphatic carbocycles. The molecule has 0 heterocycles. The van der Waals surface area contributed by atoms with Crippen molar-refractivity contribution < 1.29 is 9.59 Å². The number of amides is 2. The zero-order chi connectivity index (χ0) is 12.0. The molecule has 0 atom stereocenters. The number of nitrogens with zero attached hydrogens (tertiary/aromatic N) is 1. The summed E-state index contributed by atoms with van der Waals surface area (Å²) < 4.78 is 0. The lowest BCUT2D eigenvalue weighted by molar-refractivity contribution is -0.145.